The zero-order valence-electron chi connectivity index (χ0n) is 11.4. The number of hydrogen-bond acceptors (Lipinski definition) is 6. The molecule has 3 aromatic heterocycles. The van der Waals surface area contributed by atoms with Crippen LogP contribution in [0.3, 0.4) is 0 Å². The van der Waals surface area contributed by atoms with Gasteiger partial charge in [-0.2, -0.15) is 4.98 Å². The molecule has 0 aliphatic heterocycles. The largest absolute Gasteiger partial charge is 0.357 e. The van der Waals surface area contributed by atoms with E-state index in [0.717, 1.165) is 21.3 Å². The molecule has 0 atom stereocenters. The zero-order valence-corrected chi connectivity index (χ0v) is 12.2. The van der Waals surface area contributed by atoms with E-state index in [1.54, 1.807) is 13.4 Å². The van der Waals surface area contributed by atoms with Gasteiger partial charge in [0.2, 0.25) is 5.95 Å². The summed E-state index contributed by atoms with van der Waals surface area (Å²) in [5.74, 6) is 0.552. The molecule has 3 heterocycles. The van der Waals surface area contributed by atoms with Crippen LogP contribution in [0.15, 0.2) is 28.5 Å². The maximum absolute atomic E-state index is 4.52. The average Bonchev–Trinajstić information content (AvgIpc) is 2.85. The normalized spacial score (nSPS) is 10.9. The molecule has 0 saturated heterocycles. The smallest absolute Gasteiger partial charge is 0.225 e. The number of fused-ring (bicyclic) bond motifs is 1. The number of nitrogens with zero attached hydrogens (tertiary/aromatic N) is 4. The minimum Gasteiger partial charge on any atom is -0.357 e. The SMILES string of the molecule is CNc1nc(Sc2cc(C)cc(C)n2)c2[nH]cnc2n1. The Morgan fingerprint density at radius 2 is 2.00 bits per heavy atom. The highest BCUT2D eigenvalue weighted by Gasteiger charge is 2.11. The number of aryl methyl sites for hydroxylation is 2. The van der Waals surface area contributed by atoms with Crippen LogP contribution in [0.2, 0.25) is 0 Å². The second kappa shape index (κ2) is 5.09. The van der Waals surface area contributed by atoms with E-state index >= 15 is 0 Å². The minimum atomic E-state index is 0.552. The fourth-order valence-corrected chi connectivity index (χ4v) is 2.96. The first-order valence-electron chi connectivity index (χ1n) is 6.18. The van der Waals surface area contributed by atoms with Crippen molar-refractivity contribution in [2.45, 2.75) is 23.9 Å². The van der Waals surface area contributed by atoms with Gasteiger partial charge in [-0.15, -0.1) is 0 Å². The van der Waals surface area contributed by atoms with Crippen molar-refractivity contribution in [1.82, 2.24) is 24.9 Å². The van der Waals surface area contributed by atoms with Gasteiger partial charge in [-0.05, 0) is 43.3 Å². The van der Waals surface area contributed by atoms with Gasteiger partial charge < -0.3 is 10.3 Å². The lowest BCUT2D eigenvalue weighted by atomic mass is 10.3. The highest BCUT2D eigenvalue weighted by atomic mass is 32.2. The predicted molar refractivity (Wildman–Crippen MR) is 79.1 cm³/mol. The molecular weight excluding hydrogens is 272 g/mol. The zero-order chi connectivity index (χ0) is 14.1. The standard InChI is InChI=1S/C13H14N6S/c1-7-4-8(2)17-9(5-7)20-12-10-11(16-6-15-10)18-13(14-3)19-12/h4-6H,1-3H3,(H2,14,15,16,18,19). The molecule has 3 aromatic rings. The predicted octanol–water partition coefficient (Wildman–Crippen LogP) is 2.56. The van der Waals surface area contributed by atoms with Gasteiger partial charge >= 0.3 is 0 Å². The second-order valence-corrected chi connectivity index (χ2v) is 5.44. The number of aromatic amines is 1. The van der Waals surface area contributed by atoms with Gasteiger partial charge in [0.25, 0.3) is 0 Å². The molecule has 3 rings (SSSR count). The van der Waals surface area contributed by atoms with Crippen molar-refractivity contribution in [3.05, 3.63) is 29.7 Å². The fourth-order valence-electron chi connectivity index (χ4n) is 1.95. The van der Waals surface area contributed by atoms with Gasteiger partial charge in [0.05, 0.1) is 6.33 Å². The van der Waals surface area contributed by atoms with Crippen molar-refractivity contribution in [2.75, 3.05) is 12.4 Å². The van der Waals surface area contributed by atoms with Crippen LogP contribution in [-0.2, 0) is 0 Å². The van der Waals surface area contributed by atoms with Gasteiger partial charge in [-0.25, -0.2) is 15.0 Å². The summed E-state index contributed by atoms with van der Waals surface area (Å²) >= 11 is 1.51. The lowest BCUT2D eigenvalue weighted by molar-refractivity contribution is 1.03. The Kier molecular flexibility index (Phi) is 3.27. The topological polar surface area (TPSA) is 79.4 Å². The molecule has 0 bridgehead atoms. The van der Waals surface area contributed by atoms with Crippen LogP contribution in [0.4, 0.5) is 5.95 Å². The van der Waals surface area contributed by atoms with Crippen LogP contribution in [0.5, 0.6) is 0 Å². The van der Waals surface area contributed by atoms with E-state index in [1.165, 1.54) is 17.3 Å². The quantitative estimate of drug-likeness (QED) is 0.720. The van der Waals surface area contributed by atoms with E-state index in [9.17, 15) is 0 Å². The van der Waals surface area contributed by atoms with Crippen molar-refractivity contribution in [1.29, 1.82) is 0 Å². The first kappa shape index (κ1) is 12.9. The first-order valence-corrected chi connectivity index (χ1v) is 6.99. The third-order valence-corrected chi connectivity index (χ3v) is 3.66. The Balaban J connectivity index is 2.07. The summed E-state index contributed by atoms with van der Waals surface area (Å²) in [6.07, 6.45) is 1.62. The molecule has 102 valence electrons. The molecule has 0 aromatic carbocycles. The van der Waals surface area contributed by atoms with Gasteiger partial charge in [-0.1, -0.05) is 0 Å². The Bertz CT molecular complexity index is 746. The van der Waals surface area contributed by atoms with E-state index < -0.39 is 0 Å². The molecule has 0 spiro atoms. The van der Waals surface area contributed by atoms with Gasteiger partial charge in [0, 0.05) is 12.7 Å². The lowest BCUT2D eigenvalue weighted by Gasteiger charge is -2.05. The molecule has 2 N–H and O–H groups in total. The van der Waals surface area contributed by atoms with Gasteiger partial charge in [0.15, 0.2) is 5.65 Å². The highest BCUT2D eigenvalue weighted by molar-refractivity contribution is 7.99. The fraction of sp³-hybridized carbons (Fsp3) is 0.231. The Morgan fingerprint density at radius 1 is 1.15 bits per heavy atom. The number of nitrogens with one attached hydrogen (secondary N) is 2. The van der Waals surface area contributed by atoms with E-state index in [-0.39, 0.29) is 0 Å². The summed E-state index contributed by atoms with van der Waals surface area (Å²) in [6.45, 7) is 4.05. The highest BCUT2D eigenvalue weighted by Crippen LogP contribution is 2.30. The molecule has 0 aliphatic carbocycles. The number of aromatic nitrogens is 5. The third-order valence-electron chi connectivity index (χ3n) is 2.75. The maximum Gasteiger partial charge on any atom is 0.225 e. The third kappa shape index (κ3) is 2.44. The number of anilines is 1. The Hall–Kier alpha value is -2.15. The molecule has 7 heteroatoms. The van der Waals surface area contributed by atoms with Crippen molar-refractivity contribution in [3.8, 4) is 0 Å². The average molecular weight is 286 g/mol. The number of rotatable bonds is 3. The molecule has 0 radical (unpaired) electrons. The summed E-state index contributed by atoms with van der Waals surface area (Å²) in [7, 11) is 1.79. The Morgan fingerprint density at radius 3 is 2.75 bits per heavy atom. The van der Waals surface area contributed by atoms with Crippen LogP contribution < -0.4 is 5.32 Å². The minimum absolute atomic E-state index is 0.552. The van der Waals surface area contributed by atoms with Crippen LogP contribution in [0.25, 0.3) is 11.2 Å². The molecule has 0 fully saturated rings. The molecule has 20 heavy (non-hydrogen) atoms. The maximum atomic E-state index is 4.52. The lowest BCUT2D eigenvalue weighted by Crippen LogP contribution is -1.98. The van der Waals surface area contributed by atoms with Crippen LogP contribution in [-0.4, -0.2) is 32.0 Å². The van der Waals surface area contributed by atoms with Crippen molar-refractivity contribution in [2.24, 2.45) is 0 Å². The molecule has 0 aliphatic rings. The number of hydrogen-bond donors (Lipinski definition) is 2. The van der Waals surface area contributed by atoms with Gasteiger partial charge in [-0.3, -0.25) is 0 Å². The Labute approximate surface area is 120 Å². The van der Waals surface area contributed by atoms with Gasteiger partial charge in [0.1, 0.15) is 15.6 Å². The number of pyridine rings is 1. The van der Waals surface area contributed by atoms with Crippen molar-refractivity contribution >= 4 is 28.9 Å². The summed E-state index contributed by atoms with van der Waals surface area (Å²) in [5.41, 5.74) is 3.66. The molecule has 0 amide bonds. The van der Waals surface area contributed by atoms with E-state index in [2.05, 4.69) is 43.2 Å². The van der Waals surface area contributed by atoms with E-state index in [1.807, 2.05) is 13.0 Å². The number of H-pyrrole nitrogens is 1. The van der Waals surface area contributed by atoms with Crippen LogP contribution >= 0.6 is 11.8 Å². The summed E-state index contributed by atoms with van der Waals surface area (Å²) in [5, 5.41) is 4.68. The summed E-state index contributed by atoms with van der Waals surface area (Å²) in [4.78, 5) is 20.6. The number of imidazole rings is 1. The summed E-state index contributed by atoms with van der Waals surface area (Å²) in [6, 6.07) is 4.09. The second-order valence-electron chi connectivity index (χ2n) is 4.43. The van der Waals surface area contributed by atoms with E-state index in [0.29, 0.717) is 11.6 Å². The first-order chi connectivity index (χ1) is 9.65. The molecule has 0 unspecified atom stereocenters. The monoisotopic (exact) mass is 286 g/mol. The molecule has 6 nitrogen and oxygen atoms in total. The van der Waals surface area contributed by atoms with E-state index in [4.69, 9.17) is 0 Å². The van der Waals surface area contributed by atoms with Crippen LogP contribution in [0, 0.1) is 13.8 Å². The van der Waals surface area contributed by atoms with Crippen LogP contribution in [0.1, 0.15) is 11.3 Å². The summed E-state index contributed by atoms with van der Waals surface area (Å²) < 4.78 is 0. The molecule has 0 saturated carbocycles. The van der Waals surface area contributed by atoms with Crippen molar-refractivity contribution < 1.29 is 0 Å². The van der Waals surface area contributed by atoms with Crippen molar-refractivity contribution in [3.63, 3.8) is 0 Å². The molecular formula is C13H14N6S.